The molecule has 162 valence electrons. The first-order chi connectivity index (χ1) is 14.0. The summed E-state index contributed by atoms with van der Waals surface area (Å²) in [7, 11) is 3.13. The molecule has 2 atom stereocenters. The second kappa shape index (κ2) is 10.2. The van der Waals surface area contributed by atoms with Gasteiger partial charge in [-0.2, -0.15) is 0 Å². The molecule has 2 heterocycles. The zero-order valence-electron chi connectivity index (χ0n) is 17.7. The SMILES string of the molecule is COc1cccc(OC)c1C(=O)N1CCN(C[C@@H]2CN(C[C@@H](C)O)CCO2)CC1. The van der Waals surface area contributed by atoms with Crippen molar-refractivity contribution in [3.63, 3.8) is 0 Å². The van der Waals surface area contributed by atoms with Crippen LogP contribution >= 0.6 is 0 Å². The third kappa shape index (κ3) is 5.60. The Labute approximate surface area is 172 Å². The Bertz CT molecular complexity index is 654. The standard InChI is InChI=1S/C21H33N3O5/c1-16(25)13-23-11-12-29-17(15-23)14-22-7-9-24(10-8-22)21(26)20-18(27-2)5-4-6-19(20)28-3/h4-6,16-17,25H,7-15H2,1-3H3/t16-,17-/m1/s1. The van der Waals surface area contributed by atoms with Crippen molar-refractivity contribution < 1.29 is 24.1 Å². The van der Waals surface area contributed by atoms with Crippen LogP contribution in [0.25, 0.3) is 0 Å². The molecule has 2 fully saturated rings. The fourth-order valence-electron chi connectivity index (χ4n) is 4.07. The molecule has 0 aromatic heterocycles. The lowest BCUT2D eigenvalue weighted by Crippen LogP contribution is -2.54. The van der Waals surface area contributed by atoms with Gasteiger partial charge in [-0.05, 0) is 19.1 Å². The topological polar surface area (TPSA) is 74.7 Å². The van der Waals surface area contributed by atoms with Gasteiger partial charge in [-0.25, -0.2) is 0 Å². The summed E-state index contributed by atoms with van der Waals surface area (Å²) >= 11 is 0. The predicted octanol–water partition coefficient (Wildman–Crippen LogP) is 0.543. The van der Waals surface area contributed by atoms with Crippen LogP contribution in [0.3, 0.4) is 0 Å². The molecule has 2 aliphatic heterocycles. The van der Waals surface area contributed by atoms with Gasteiger partial charge in [-0.1, -0.05) is 6.07 Å². The normalized spacial score (nSPS) is 22.3. The van der Waals surface area contributed by atoms with E-state index in [0.29, 0.717) is 43.3 Å². The number of nitrogens with zero attached hydrogens (tertiary/aromatic N) is 3. The van der Waals surface area contributed by atoms with Gasteiger partial charge in [0.2, 0.25) is 0 Å². The molecule has 3 rings (SSSR count). The average molecular weight is 408 g/mol. The minimum atomic E-state index is -0.324. The minimum absolute atomic E-state index is 0.0593. The molecule has 1 amide bonds. The van der Waals surface area contributed by atoms with Crippen molar-refractivity contribution in [3.05, 3.63) is 23.8 Å². The number of rotatable bonds is 7. The number of hydrogen-bond donors (Lipinski definition) is 1. The lowest BCUT2D eigenvalue weighted by atomic mass is 10.1. The summed E-state index contributed by atoms with van der Waals surface area (Å²) in [4.78, 5) is 19.6. The molecule has 0 radical (unpaired) electrons. The number of hydrogen-bond acceptors (Lipinski definition) is 7. The molecule has 8 heteroatoms. The molecule has 0 bridgehead atoms. The highest BCUT2D eigenvalue weighted by Crippen LogP contribution is 2.29. The van der Waals surface area contributed by atoms with E-state index in [0.717, 1.165) is 32.7 Å². The quantitative estimate of drug-likeness (QED) is 0.707. The zero-order valence-corrected chi connectivity index (χ0v) is 17.7. The van der Waals surface area contributed by atoms with E-state index in [9.17, 15) is 9.90 Å². The van der Waals surface area contributed by atoms with Crippen molar-refractivity contribution in [2.75, 3.05) is 73.2 Å². The Morgan fingerprint density at radius 3 is 2.38 bits per heavy atom. The van der Waals surface area contributed by atoms with E-state index in [-0.39, 0.29) is 18.1 Å². The maximum absolute atomic E-state index is 13.1. The smallest absolute Gasteiger partial charge is 0.261 e. The molecule has 0 unspecified atom stereocenters. The summed E-state index contributed by atoms with van der Waals surface area (Å²) in [6.45, 7) is 8.67. The van der Waals surface area contributed by atoms with E-state index in [1.807, 2.05) is 17.9 Å². The Morgan fingerprint density at radius 1 is 1.14 bits per heavy atom. The molecule has 0 spiro atoms. The maximum atomic E-state index is 13.1. The number of benzene rings is 1. The van der Waals surface area contributed by atoms with E-state index >= 15 is 0 Å². The maximum Gasteiger partial charge on any atom is 0.261 e. The largest absolute Gasteiger partial charge is 0.496 e. The number of piperazine rings is 1. The molecular weight excluding hydrogens is 374 g/mol. The fraction of sp³-hybridized carbons (Fsp3) is 0.667. The van der Waals surface area contributed by atoms with E-state index in [4.69, 9.17) is 14.2 Å². The molecule has 1 N–H and O–H groups in total. The zero-order chi connectivity index (χ0) is 20.8. The average Bonchev–Trinajstić information content (AvgIpc) is 2.73. The van der Waals surface area contributed by atoms with Crippen LogP contribution in [0.5, 0.6) is 11.5 Å². The summed E-state index contributed by atoms with van der Waals surface area (Å²) < 4.78 is 16.7. The monoisotopic (exact) mass is 407 g/mol. The lowest BCUT2D eigenvalue weighted by molar-refractivity contribution is -0.0551. The van der Waals surface area contributed by atoms with Gasteiger partial charge in [-0.15, -0.1) is 0 Å². The van der Waals surface area contributed by atoms with Crippen LogP contribution in [-0.2, 0) is 4.74 Å². The van der Waals surface area contributed by atoms with E-state index in [1.165, 1.54) is 0 Å². The highest BCUT2D eigenvalue weighted by atomic mass is 16.5. The van der Waals surface area contributed by atoms with Gasteiger partial charge in [-0.3, -0.25) is 14.6 Å². The number of methoxy groups -OCH3 is 2. The van der Waals surface area contributed by atoms with Gasteiger partial charge in [0.05, 0.1) is 33.0 Å². The third-order valence-electron chi connectivity index (χ3n) is 5.51. The molecule has 8 nitrogen and oxygen atoms in total. The van der Waals surface area contributed by atoms with Crippen LogP contribution in [0.15, 0.2) is 18.2 Å². The van der Waals surface area contributed by atoms with Crippen molar-refractivity contribution in [1.82, 2.24) is 14.7 Å². The number of carbonyl (C=O) groups is 1. The van der Waals surface area contributed by atoms with Crippen LogP contribution < -0.4 is 9.47 Å². The Morgan fingerprint density at radius 2 is 1.79 bits per heavy atom. The number of amides is 1. The highest BCUT2D eigenvalue weighted by molar-refractivity contribution is 5.99. The first kappa shape index (κ1) is 21.8. The number of ether oxygens (including phenoxy) is 3. The summed E-state index contributed by atoms with van der Waals surface area (Å²) in [6.07, 6.45) is -0.186. The minimum Gasteiger partial charge on any atom is -0.496 e. The number of aliphatic hydroxyl groups is 1. The van der Waals surface area contributed by atoms with Gasteiger partial charge >= 0.3 is 0 Å². The molecule has 0 aliphatic carbocycles. The number of aliphatic hydroxyl groups excluding tert-OH is 1. The van der Waals surface area contributed by atoms with Crippen LogP contribution in [0, 0.1) is 0 Å². The van der Waals surface area contributed by atoms with Gasteiger partial charge in [0.15, 0.2) is 0 Å². The van der Waals surface area contributed by atoms with Crippen LogP contribution in [0.1, 0.15) is 17.3 Å². The van der Waals surface area contributed by atoms with Crippen LogP contribution in [-0.4, -0.2) is 111 Å². The summed E-state index contributed by atoms with van der Waals surface area (Å²) in [5, 5.41) is 9.61. The molecule has 29 heavy (non-hydrogen) atoms. The van der Waals surface area contributed by atoms with Crippen LogP contribution in [0.2, 0.25) is 0 Å². The van der Waals surface area contributed by atoms with Gasteiger partial charge < -0.3 is 24.2 Å². The Kier molecular flexibility index (Phi) is 7.71. The molecule has 2 aliphatic rings. The predicted molar refractivity (Wildman–Crippen MR) is 110 cm³/mol. The number of carbonyl (C=O) groups excluding carboxylic acids is 1. The third-order valence-corrected chi connectivity index (χ3v) is 5.51. The fourth-order valence-corrected chi connectivity index (χ4v) is 4.07. The highest BCUT2D eigenvalue weighted by Gasteiger charge is 2.29. The van der Waals surface area contributed by atoms with Crippen LogP contribution in [0.4, 0.5) is 0 Å². The van der Waals surface area contributed by atoms with Gasteiger partial charge in [0, 0.05) is 52.4 Å². The first-order valence-electron chi connectivity index (χ1n) is 10.3. The van der Waals surface area contributed by atoms with E-state index in [2.05, 4.69) is 9.80 Å². The van der Waals surface area contributed by atoms with Crippen molar-refractivity contribution in [2.24, 2.45) is 0 Å². The van der Waals surface area contributed by atoms with Crippen molar-refractivity contribution >= 4 is 5.91 Å². The van der Waals surface area contributed by atoms with E-state index < -0.39 is 0 Å². The second-order valence-electron chi connectivity index (χ2n) is 7.73. The molecule has 0 saturated carbocycles. The second-order valence-corrected chi connectivity index (χ2v) is 7.73. The van der Waals surface area contributed by atoms with E-state index in [1.54, 1.807) is 26.4 Å². The van der Waals surface area contributed by atoms with Crippen molar-refractivity contribution in [1.29, 1.82) is 0 Å². The van der Waals surface area contributed by atoms with Gasteiger partial charge in [0.25, 0.3) is 5.91 Å². The molecular formula is C21H33N3O5. The molecule has 1 aromatic rings. The van der Waals surface area contributed by atoms with Crippen molar-refractivity contribution in [2.45, 2.75) is 19.1 Å². The van der Waals surface area contributed by atoms with Gasteiger partial charge in [0.1, 0.15) is 17.1 Å². The number of morpholine rings is 1. The summed E-state index contributed by atoms with van der Waals surface area (Å²) in [5.74, 6) is 1.01. The van der Waals surface area contributed by atoms with Crippen molar-refractivity contribution in [3.8, 4) is 11.5 Å². The lowest BCUT2D eigenvalue weighted by Gasteiger charge is -2.39. The summed E-state index contributed by atoms with van der Waals surface area (Å²) in [6, 6.07) is 5.38. The molecule has 2 saturated heterocycles. The first-order valence-corrected chi connectivity index (χ1v) is 10.3. The molecule has 1 aromatic carbocycles. The Hall–Kier alpha value is -1.87. The summed E-state index contributed by atoms with van der Waals surface area (Å²) in [5.41, 5.74) is 0.482. The number of β-amino-alcohol motifs (C(OH)–C–C–N with tert-alkyl or cyclic N) is 1. The Balaban J connectivity index is 1.54.